The fraction of sp³-hybridized carbons (Fsp3) is 0.0714. The Hall–Kier alpha value is -2.50. The third kappa shape index (κ3) is 3.09. The Balaban J connectivity index is 2.27. The second-order valence-electron chi connectivity index (χ2n) is 4.05. The maximum Gasteiger partial charge on any atom is 0.416 e. The first-order chi connectivity index (χ1) is 9.38. The van der Waals surface area contributed by atoms with Gasteiger partial charge in [-0.15, -0.1) is 0 Å². The summed E-state index contributed by atoms with van der Waals surface area (Å²) in [6.07, 6.45) is -4.54. The van der Waals surface area contributed by atoms with Crippen molar-refractivity contribution in [3.8, 4) is 5.75 Å². The first-order valence-corrected chi connectivity index (χ1v) is 5.64. The highest BCUT2D eigenvalue weighted by atomic mass is 19.4. The molecule has 0 radical (unpaired) electrons. The predicted octanol–water partition coefficient (Wildman–Crippen LogP) is 3.66. The van der Waals surface area contributed by atoms with E-state index in [1.165, 1.54) is 12.1 Å². The van der Waals surface area contributed by atoms with Gasteiger partial charge in [0.15, 0.2) is 0 Å². The summed E-state index contributed by atoms with van der Waals surface area (Å²) in [7, 11) is 0. The van der Waals surface area contributed by atoms with Crippen molar-refractivity contribution >= 4 is 11.6 Å². The van der Waals surface area contributed by atoms with E-state index in [1.807, 2.05) is 0 Å². The summed E-state index contributed by atoms with van der Waals surface area (Å²) in [5.41, 5.74) is -0.948. The van der Waals surface area contributed by atoms with E-state index < -0.39 is 23.4 Å². The number of hydrogen-bond acceptors (Lipinski definition) is 2. The van der Waals surface area contributed by atoms with Crippen molar-refractivity contribution in [3.05, 3.63) is 59.7 Å². The minimum Gasteiger partial charge on any atom is -0.506 e. The zero-order chi connectivity index (χ0) is 14.8. The number of nitrogens with one attached hydrogen (secondary N) is 1. The number of alkyl halides is 3. The van der Waals surface area contributed by atoms with E-state index in [-0.39, 0.29) is 11.3 Å². The van der Waals surface area contributed by atoms with Crippen molar-refractivity contribution in [2.75, 3.05) is 5.32 Å². The van der Waals surface area contributed by atoms with E-state index in [0.717, 1.165) is 12.1 Å². The van der Waals surface area contributed by atoms with Crippen LogP contribution in [0.15, 0.2) is 48.5 Å². The lowest BCUT2D eigenvalue weighted by Crippen LogP contribution is -2.13. The Morgan fingerprint density at radius 2 is 1.70 bits per heavy atom. The molecule has 0 heterocycles. The summed E-state index contributed by atoms with van der Waals surface area (Å²) in [5, 5.41) is 11.8. The monoisotopic (exact) mass is 281 g/mol. The standard InChI is InChI=1S/C14H10F3NO2/c15-14(16,17)10-6-7-12(19)11(8-10)18-13(20)9-4-2-1-3-5-9/h1-8,19H,(H,18,20). The molecule has 0 aliphatic rings. The summed E-state index contributed by atoms with van der Waals surface area (Å²) in [5.74, 6) is -1.03. The molecule has 0 aliphatic carbocycles. The molecule has 0 spiro atoms. The van der Waals surface area contributed by atoms with Crippen LogP contribution in [0.2, 0.25) is 0 Å². The summed E-state index contributed by atoms with van der Waals surface area (Å²) in [6.45, 7) is 0. The fourth-order valence-electron chi connectivity index (χ4n) is 1.60. The smallest absolute Gasteiger partial charge is 0.416 e. The van der Waals surface area contributed by atoms with Gasteiger partial charge >= 0.3 is 6.18 Å². The zero-order valence-electron chi connectivity index (χ0n) is 10.1. The van der Waals surface area contributed by atoms with Crippen molar-refractivity contribution in [3.63, 3.8) is 0 Å². The Labute approximate surface area is 112 Å². The molecule has 0 aliphatic heterocycles. The van der Waals surface area contributed by atoms with E-state index in [4.69, 9.17) is 0 Å². The molecule has 0 aromatic heterocycles. The van der Waals surface area contributed by atoms with Crippen LogP contribution in [0.25, 0.3) is 0 Å². The highest BCUT2D eigenvalue weighted by molar-refractivity contribution is 6.05. The maximum atomic E-state index is 12.6. The fourth-order valence-corrected chi connectivity index (χ4v) is 1.60. The molecule has 6 heteroatoms. The van der Waals surface area contributed by atoms with Gasteiger partial charge in [0.2, 0.25) is 0 Å². The molecule has 1 amide bonds. The minimum absolute atomic E-state index is 0.282. The molecular weight excluding hydrogens is 271 g/mol. The van der Waals surface area contributed by atoms with Gasteiger partial charge in [0.25, 0.3) is 5.91 Å². The first kappa shape index (κ1) is 13.9. The van der Waals surface area contributed by atoms with Crippen LogP contribution in [0.3, 0.4) is 0 Å². The van der Waals surface area contributed by atoms with Gasteiger partial charge in [0.05, 0.1) is 11.3 Å². The minimum atomic E-state index is -4.54. The van der Waals surface area contributed by atoms with E-state index in [2.05, 4.69) is 5.32 Å². The number of carbonyl (C=O) groups is 1. The molecule has 0 saturated heterocycles. The third-order valence-corrected chi connectivity index (χ3v) is 2.61. The highest BCUT2D eigenvalue weighted by Gasteiger charge is 2.31. The molecule has 2 aromatic carbocycles. The molecular formula is C14H10F3NO2. The summed E-state index contributed by atoms with van der Waals surface area (Å²) in [4.78, 5) is 11.8. The molecule has 0 saturated carbocycles. The molecule has 0 fully saturated rings. The molecule has 0 unspecified atom stereocenters. The molecule has 2 aromatic rings. The molecule has 2 rings (SSSR count). The lowest BCUT2D eigenvalue weighted by Gasteiger charge is -2.11. The number of rotatable bonds is 2. The summed E-state index contributed by atoms with van der Waals surface area (Å²) < 4.78 is 37.7. The zero-order valence-corrected chi connectivity index (χ0v) is 10.1. The van der Waals surface area contributed by atoms with Crippen LogP contribution in [0.5, 0.6) is 5.75 Å². The lowest BCUT2D eigenvalue weighted by atomic mass is 10.1. The van der Waals surface area contributed by atoms with Gasteiger partial charge in [0, 0.05) is 5.56 Å². The summed E-state index contributed by atoms with van der Waals surface area (Å²) >= 11 is 0. The van der Waals surface area contributed by atoms with E-state index in [1.54, 1.807) is 18.2 Å². The van der Waals surface area contributed by atoms with Gasteiger partial charge in [-0.2, -0.15) is 13.2 Å². The van der Waals surface area contributed by atoms with Crippen LogP contribution in [0.1, 0.15) is 15.9 Å². The van der Waals surface area contributed by atoms with Crippen molar-refractivity contribution in [1.29, 1.82) is 0 Å². The topological polar surface area (TPSA) is 49.3 Å². The normalized spacial score (nSPS) is 11.2. The lowest BCUT2D eigenvalue weighted by molar-refractivity contribution is -0.137. The average Bonchev–Trinajstić information content (AvgIpc) is 2.41. The highest BCUT2D eigenvalue weighted by Crippen LogP contribution is 2.34. The van der Waals surface area contributed by atoms with Crippen molar-refractivity contribution in [2.24, 2.45) is 0 Å². The second-order valence-corrected chi connectivity index (χ2v) is 4.05. The predicted molar refractivity (Wildman–Crippen MR) is 67.5 cm³/mol. The quantitative estimate of drug-likeness (QED) is 0.825. The maximum absolute atomic E-state index is 12.6. The van der Waals surface area contributed by atoms with Gasteiger partial charge in [-0.05, 0) is 30.3 Å². The second kappa shape index (κ2) is 5.24. The Kier molecular flexibility index (Phi) is 3.65. The van der Waals surface area contributed by atoms with E-state index >= 15 is 0 Å². The SMILES string of the molecule is O=C(Nc1cc(C(F)(F)F)ccc1O)c1ccccc1. The van der Waals surface area contributed by atoms with Crippen LogP contribution < -0.4 is 5.32 Å². The number of anilines is 1. The van der Waals surface area contributed by atoms with Gasteiger partial charge in [-0.1, -0.05) is 18.2 Å². The number of hydrogen-bond donors (Lipinski definition) is 2. The van der Waals surface area contributed by atoms with Crippen molar-refractivity contribution in [2.45, 2.75) is 6.18 Å². The molecule has 2 N–H and O–H groups in total. The molecule has 20 heavy (non-hydrogen) atoms. The average molecular weight is 281 g/mol. The van der Waals surface area contributed by atoms with E-state index in [0.29, 0.717) is 6.07 Å². The van der Waals surface area contributed by atoms with Crippen LogP contribution in [0.4, 0.5) is 18.9 Å². The number of phenols is 1. The Morgan fingerprint density at radius 3 is 2.30 bits per heavy atom. The van der Waals surface area contributed by atoms with Crippen molar-refractivity contribution < 1.29 is 23.1 Å². The van der Waals surface area contributed by atoms with Crippen molar-refractivity contribution in [1.82, 2.24) is 0 Å². The number of aromatic hydroxyl groups is 1. The summed E-state index contributed by atoms with van der Waals surface area (Å²) in [6, 6.07) is 10.3. The van der Waals surface area contributed by atoms with Crippen LogP contribution >= 0.6 is 0 Å². The number of benzene rings is 2. The number of halogens is 3. The van der Waals surface area contributed by atoms with E-state index in [9.17, 15) is 23.1 Å². The Bertz CT molecular complexity index is 624. The first-order valence-electron chi connectivity index (χ1n) is 5.64. The number of amides is 1. The molecule has 0 atom stereocenters. The van der Waals surface area contributed by atoms with Crippen LogP contribution in [0, 0.1) is 0 Å². The van der Waals surface area contributed by atoms with Crippen LogP contribution in [-0.2, 0) is 6.18 Å². The number of carbonyl (C=O) groups excluding carboxylic acids is 1. The number of phenolic OH excluding ortho intramolecular Hbond substituents is 1. The molecule has 3 nitrogen and oxygen atoms in total. The largest absolute Gasteiger partial charge is 0.506 e. The van der Waals surface area contributed by atoms with Gasteiger partial charge < -0.3 is 10.4 Å². The third-order valence-electron chi connectivity index (χ3n) is 2.61. The Morgan fingerprint density at radius 1 is 1.05 bits per heavy atom. The van der Waals surface area contributed by atoms with Gasteiger partial charge in [-0.3, -0.25) is 4.79 Å². The van der Waals surface area contributed by atoms with Gasteiger partial charge in [-0.25, -0.2) is 0 Å². The molecule has 104 valence electrons. The van der Waals surface area contributed by atoms with Crippen LogP contribution in [-0.4, -0.2) is 11.0 Å². The molecule has 0 bridgehead atoms. The van der Waals surface area contributed by atoms with Gasteiger partial charge in [0.1, 0.15) is 5.75 Å².